The van der Waals surface area contributed by atoms with Gasteiger partial charge in [0.25, 0.3) is 0 Å². The fourth-order valence-corrected chi connectivity index (χ4v) is 1.72. The summed E-state index contributed by atoms with van der Waals surface area (Å²) >= 11 is 0. The quantitative estimate of drug-likeness (QED) is 0.726. The van der Waals surface area contributed by atoms with Gasteiger partial charge >= 0.3 is 5.97 Å². The van der Waals surface area contributed by atoms with Crippen molar-refractivity contribution in [1.82, 2.24) is 0 Å². The van der Waals surface area contributed by atoms with E-state index < -0.39 is 0 Å². The summed E-state index contributed by atoms with van der Waals surface area (Å²) in [6, 6.07) is 6.07. The summed E-state index contributed by atoms with van der Waals surface area (Å²) < 4.78 is 4.82. The molecule has 0 N–H and O–H groups in total. The minimum atomic E-state index is -0.244. The first kappa shape index (κ1) is 12.8. The molecule has 1 aromatic rings. The summed E-state index contributed by atoms with van der Waals surface area (Å²) in [6.07, 6.45) is 0. The van der Waals surface area contributed by atoms with E-state index in [9.17, 15) is 4.79 Å². The second kappa shape index (κ2) is 5.15. The Balaban J connectivity index is 3.26. The third kappa shape index (κ3) is 2.63. The lowest BCUT2D eigenvalue weighted by Gasteiger charge is -2.14. The van der Waals surface area contributed by atoms with Crippen molar-refractivity contribution in [2.24, 2.45) is 0 Å². The molecule has 0 aliphatic rings. The Bertz CT molecular complexity index is 378. The standard InChI is InChI=1S/C14H20O2/c1-9(2)11-6-7-12(10(3)4)13(8-11)14(15)16-5/h6-10H,1-5H3. The van der Waals surface area contributed by atoms with Gasteiger partial charge in [-0.25, -0.2) is 4.79 Å². The molecule has 0 aliphatic carbocycles. The third-order valence-electron chi connectivity index (χ3n) is 2.77. The van der Waals surface area contributed by atoms with Crippen LogP contribution in [-0.4, -0.2) is 13.1 Å². The average molecular weight is 220 g/mol. The zero-order valence-electron chi connectivity index (χ0n) is 10.7. The highest BCUT2D eigenvalue weighted by Gasteiger charge is 2.15. The van der Waals surface area contributed by atoms with Crippen molar-refractivity contribution in [3.63, 3.8) is 0 Å². The molecule has 2 heteroatoms. The molecule has 0 heterocycles. The van der Waals surface area contributed by atoms with Crippen LogP contribution in [-0.2, 0) is 4.74 Å². The molecule has 2 nitrogen and oxygen atoms in total. The molecule has 1 rings (SSSR count). The SMILES string of the molecule is COC(=O)c1cc(C(C)C)ccc1C(C)C. The van der Waals surface area contributed by atoms with E-state index >= 15 is 0 Å². The van der Waals surface area contributed by atoms with Crippen LogP contribution in [0.5, 0.6) is 0 Å². The van der Waals surface area contributed by atoms with Gasteiger partial charge in [-0.2, -0.15) is 0 Å². The molecular formula is C14H20O2. The van der Waals surface area contributed by atoms with Crippen molar-refractivity contribution in [2.75, 3.05) is 7.11 Å². The van der Waals surface area contributed by atoms with Crippen molar-refractivity contribution in [1.29, 1.82) is 0 Å². The molecule has 0 aliphatic heterocycles. The number of esters is 1. The molecule has 88 valence electrons. The number of methoxy groups -OCH3 is 1. The molecule has 16 heavy (non-hydrogen) atoms. The van der Waals surface area contributed by atoms with Crippen LogP contribution in [0.4, 0.5) is 0 Å². The van der Waals surface area contributed by atoms with Gasteiger partial charge < -0.3 is 4.74 Å². The van der Waals surface area contributed by atoms with E-state index in [0.29, 0.717) is 17.4 Å². The summed E-state index contributed by atoms with van der Waals surface area (Å²) in [5.74, 6) is 0.506. The minimum absolute atomic E-state index is 0.244. The molecule has 1 aromatic carbocycles. The monoisotopic (exact) mass is 220 g/mol. The van der Waals surface area contributed by atoms with Crippen LogP contribution in [0.1, 0.15) is 61.0 Å². The number of benzene rings is 1. The van der Waals surface area contributed by atoms with Gasteiger partial charge in [-0.1, -0.05) is 39.8 Å². The first-order valence-corrected chi connectivity index (χ1v) is 5.69. The zero-order chi connectivity index (χ0) is 12.3. The van der Waals surface area contributed by atoms with Crippen LogP contribution in [0.15, 0.2) is 18.2 Å². The summed E-state index contributed by atoms with van der Waals surface area (Å²) in [4.78, 5) is 11.7. The van der Waals surface area contributed by atoms with Gasteiger partial charge in [0.05, 0.1) is 12.7 Å². The van der Waals surface area contributed by atoms with E-state index in [4.69, 9.17) is 4.74 Å². The van der Waals surface area contributed by atoms with Crippen molar-refractivity contribution >= 4 is 5.97 Å². The molecular weight excluding hydrogens is 200 g/mol. The molecule has 0 saturated heterocycles. The van der Waals surface area contributed by atoms with Crippen LogP contribution < -0.4 is 0 Å². The molecule has 0 fully saturated rings. The number of hydrogen-bond donors (Lipinski definition) is 0. The Kier molecular flexibility index (Phi) is 4.11. The van der Waals surface area contributed by atoms with Crippen molar-refractivity contribution in [3.8, 4) is 0 Å². The van der Waals surface area contributed by atoms with Gasteiger partial charge in [-0.05, 0) is 29.0 Å². The fraction of sp³-hybridized carbons (Fsp3) is 0.500. The molecule has 0 amide bonds. The van der Waals surface area contributed by atoms with Gasteiger partial charge in [0, 0.05) is 0 Å². The van der Waals surface area contributed by atoms with Crippen LogP contribution in [0.25, 0.3) is 0 Å². The summed E-state index contributed by atoms with van der Waals surface area (Å²) in [6.45, 7) is 8.39. The fourth-order valence-electron chi connectivity index (χ4n) is 1.72. The number of hydrogen-bond acceptors (Lipinski definition) is 2. The van der Waals surface area contributed by atoms with E-state index in [2.05, 4.69) is 33.8 Å². The molecule has 0 saturated carbocycles. The number of ether oxygens (including phenoxy) is 1. The van der Waals surface area contributed by atoms with Crippen LogP contribution in [0, 0.1) is 0 Å². The van der Waals surface area contributed by atoms with Gasteiger partial charge in [0.15, 0.2) is 0 Å². The first-order valence-electron chi connectivity index (χ1n) is 5.69. The Morgan fingerprint density at radius 3 is 2.19 bits per heavy atom. The summed E-state index contributed by atoms with van der Waals surface area (Å²) in [5, 5.41) is 0. The summed E-state index contributed by atoms with van der Waals surface area (Å²) in [5.41, 5.74) is 2.92. The van der Waals surface area contributed by atoms with E-state index in [1.54, 1.807) is 0 Å². The highest BCUT2D eigenvalue weighted by atomic mass is 16.5. The highest BCUT2D eigenvalue weighted by molar-refractivity contribution is 5.91. The zero-order valence-corrected chi connectivity index (χ0v) is 10.7. The average Bonchev–Trinajstić information content (AvgIpc) is 2.26. The molecule has 0 bridgehead atoms. The Morgan fingerprint density at radius 2 is 1.75 bits per heavy atom. The molecule has 0 spiro atoms. The first-order chi connectivity index (χ1) is 7.47. The number of carbonyl (C=O) groups excluding carboxylic acids is 1. The molecule has 0 radical (unpaired) electrons. The van der Waals surface area contributed by atoms with Gasteiger partial charge in [-0.15, -0.1) is 0 Å². The topological polar surface area (TPSA) is 26.3 Å². The van der Waals surface area contributed by atoms with Crippen molar-refractivity contribution < 1.29 is 9.53 Å². The third-order valence-corrected chi connectivity index (χ3v) is 2.77. The molecule has 0 unspecified atom stereocenters. The highest BCUT2D eigenvalue weighted by Crippen LogP contribution is 2.24. The van der Waals surface area contributed by atoms with Crippen LogP contribution >= 0.6 is 0 Å². The van der Waals surface area contributed by atoms with Gasteiger partial charge in [0.1, 0.15) is 0 Å². The van der Waals surface area contributed by atoms with Crippen LogP contribution in [0.2, 0.25) is 0 Å². The molecule has 0 atom stereocenters. The Hall–Kier alpha value is -1.31. The van der Waals surface area contributed by atoms with E-state index in [1.165, 1.54) is 12.7 Å². The second-order valence-electron chi connectivity index (χ2n) is 4.65. The van der Waals surface area contributed by atoms with Crippen molar-refractivity contribution in [2.45, 2.75) is 39.5 Å². The largest absolute Gasteiger partial charge is 0.465 e. The maximum Gasteiger partial charge on any atom is 0.338 e. The number of carbonyl (C=O) groups is 1. The van der Waals surface area contributed by atoms with E-state index in [1.807, 2.05) is 12.1 Å². The van der Waals surface area contributed by atoms with Crippen molar-refractivity contribution in [3.05, 3.63) is 34.9 Å². The minimum Gasteiger partial charge on any atom is -0.465 e. The number of rotatable bonds is 3. The Morgan fingerprint density at radius 1 is 1.12 bits per heavy atom. The van der Waals surface area contributed by atoms with Gasteiger partial charge in [-0.3, -0.25) is 0 Å². The van der Waals surface area contributed by atoms with Gasteiger partial charge in [0.2, 0.25) is 0 Å². The summed E-state index contributed by atoms with van der Waals surface area (Å²) in [7, 11) is 1.43. The van der Waals surface area contributed by atoms with E-state index in [0.717, 1.165) is 5.56 Å². The van der Waals surface area contributed by atoms with E-state index in [-0.39, 0.29) is 5.97 Å². The maximum absolute atomic E-state index is 11.7. The molecule has 0 aromatic heterocycles. The normalized spacial score (nSPS) is 10.9. The maximum atomic E-state index is 11.7. The second-order valence-corrected chi connectivity index (χ2v) is 4.65. The predicted octanol–water partition coefficient (Wildman–Crippen LogP) is 3.72. The van der Waals surface area contributed by atoms with Crippen LogP contribution in [0.3, 0.4) is 0 Å². The smallest absolute Gasteiger partial charge is 0.338 e. The Labute approximate surface area is 97.6 Å². The lowest BCUT2D eigenvalue weighted by Crippen LogP contribution is -2.08. The predicted molar refractivity (Wildman–Crippen MR) is 66.0 cm³/mol. The lowest BCUT2D eigenvalue weighted by atomic mass is 9.92. The lowest BCUT2D eigenvalue weighted by molar-refractivity contribution is 0.0599.